The van der Waals surface area contributed by atoms with E-state index in [0.717, 1.165) is 78.5 Å². The van der Waals surface area contributed by atoms with E-state index >= 15 is 0 Å². The van der Waals surface area contributed by atoms with Crippen LogP contribution in [0.15, 0.2) is 53.3 Å². The van der Waals surface area contributed by atoms with Crippen LogP contribution in [0.3, 0.4) is 0 Å². The summed E-state index contributed by atoms with van der Waals surface area (Å²) >= 11 is 0. The van der Waals surface area contributed by atoms with Crippen LogP contribution in [0.5, 0.6) is 0 Å². The van der Waals surface area contributed by atoms with Gasteiger partial charge in [0.15, 0.2) is 0 Å². The lowest BCUT2D eigenvalue weighted by atomic mass is 9.62. The molecule has 1 saturated carbocycles. The Morgan fingerprint density at radius 1 is 1.07 bits per heavy atom. The van der Waals surface area contributed by atoms with Gasteiger partial charge in [-0.05, 0) is 81.2 Å². The fraction of sp³-hybridized carbons (Fsp3) is 0.485. The summed E-state index contributed by atoms with van der Waals surface area (Å²) < 4.78 is 9.90. The van der Waals surface area contributed by atoms with Crippen molar-refractivity contribution in [2.75, 3.05) is 6.61 Å². The first kappa shape index (κ1) is 28.1. The highest BCUT2D eigenvalue weighted by Crippen LogP contribution is 2.55. The number of esters is 1. The molecule has 0 saturated heterocycles. The van der Waals surface area contributed by atoms with Gasteiger partial charge in [0.2, 0.25) is 5.82 Å². The number of carbonyl (C=O) groups excluding carboxylic acids is 1. The van der Waals surface area contributed by atoms with Crippen molar-refractivity contribution in [2.45, 2.75) is 90.6 Å². The minimum atomic E-state index is -0.756. The van der Waals surface area contributed by atoms with Crippen LogP contribution in [-0.4, -0.2) is 42.6 Å². The van der Waals surface area contributed by atoms with Gasteiger partial charge in [-0.1, -0.05) is 61.9 Å². The predicted molar refractivity (Wildman–Crippen MR) is 161 cm³/mol. The molecule has 1 aliphatic carbocycles. The maximum Gasteiger partial charge on any atom is 0.313 e. The molecule has 4 heterocycles. The lowest BCUT2D eigenvalue weighted by Gasteiger charge is -2.55. The maximum absolute atomic E-state index is 14.2. The molecule has 9 nitrogen and oxygen atoms in total. The second-order valence-corrected chi connectivity index (χ2v) is 12.3. The minimum absolute atomic E-state index is 0.0982. The Hall–Kier alpha value is -4.01. The van der Waals surface area contributed by atoms with Crippen molar-refractivity contribution in [2.24, 2.45) is 5.41 Å². The first-order valence-electron chi connectivity index (χ1n) is 15.3. The Morgan fingerprint density at radius 2 is 1.79 bits per heavy atom. The molecule has 4 aromatic rings. The number of hydrogen-bond donors (Lipinski definition) is 1. The number of fused-ring (bicyclic) bond motifs is 2. The summed E-state index contributed by atoms with van der Waals surface area (Å²) in [5, 5.41) is 14.6. The average Bonchev–Trinajstić information content (AvgIpc) is 3.65. The van der Waals surface area contributed by atoms with Crippen LogP contribution in [0.2, 0.25) is 0 Å². The van der Waals surface area contributed by atoms with E-state index in [9.17, 15) is 9.59 Å². The molecule has 0 unspecified atom stereocenters. The zero-order valence-electron chi connectivity index (χ0n) is 25.0. The van der Waals surface area contributed by atoms with Gasteiger partial charge in [-0.15, -0.1) is 10.2 Å². The van der Waals surface area contributed by atoms with Crippen molar-refractivity contribution in [1.29, 1.82) is 0 Å². The van der Waals surface area contributed by atoms with E-state index < -0.39 is 11.0 Å². The van der Waals surface area contributed by atoms with Crippen molar-refractivity contribution in [3.05, 3.63) is 75.7 Å². The Bertz CT molecular complexity index is 1620. The second kappa shape index (κ2) is 11.0. The van der Waals surface area contributed by atoms with E-state index in [1.54, 1.807) is 0 Å². The van der Waals surface area contributed by atoms with Crippen LogP contribution in [0.1, 0.15) is 89.1 Å². The first-order chi connectivity index (χ1) is 20.3. The number of H-pyrrole nitrogens is 1. The number of nitrogens with zero attached hydrogens (tertiary/aromatic N) is 5. The summed E-state index contributed by atoms with van der Waals surface area (Å²) in [6, 6.07) is 16.6. The van der Waals surface area contributed by atoms with Gasteiger partial charge >= 0.3 is 5.97 Å². The van der Waals surface area contributed by atoms with Crippen LogP contribution in [-0.2, 0) is 27.9 Å². The molecule has 9 heteroatoms. The Morgan fingerprint density at radius 3 is 2.43 bits per heavy atom. The SMILES string of the molecule is CCCCc1c(Cc2ccc(-c3ccccc3-c3nn[nH]n3)cc2)c(=O)n2n1C1(C(C)(C)C(=O)OCC)CCC2CC1. The van der Waals surface area contributed by atoms with Gasteiger partial charge in [0.05, 0.1) is 23.6 Å². The number of benzene rings is 2. The van der Waals surface area contributed by atoms with Crippen LogP contribution in [0, 0.1) is 5.41 Å². The smallest absolute Gasteiger partial charge is 0.313 e. The summed E-state index contributed by atoms with van der Waals surface area (Å²) in [7, 11) is 0. The molecule has 2 aliphatic heterocycles. The highest BCUT2D eigenvalue weighted by atomic mass is 16.5. The number of nitrogens with one attached hydrogen (secondary N) is 1. The highest BCUT2D eigenvalue weighted by molar-refractivity contribution is 5.80. The van der Waals surface area contributed by atoms with Crippen molar-refractivity contribution in [3.63, 3.8) is 0 Å². The Labute approximate surface area is 246 Å². The lowest BCUT2D eigenvalue weighted by molar-refractivity contribution is -0.167. The van der Waals surface area contributed by atoms with Gasteiger partial charge in [0, 0.05) is 23.2 Å². The number of hydrogen-bond acceptors (Lipinski definition) is 6. The summed E-state index contributed by atoms with van der Waals surface area (Å²) in [6.45, 7) is 8.41. The molecular weight excluding hydrogens is 528 g/mol. The number of ether oxygens (including phenoxy) is 1. The van der Waals surface area contributed by atoms with E-state index in [1.807, 2.05) is 43.7 Å². The van der Waals surface area contributed by atoms with Crippen LogP contribution in [0.25, 0.3) is 22.5 Å². The molecule has 0 atom stereocenters. The molecule has 2 aromatic carbocycles. The first-order valence-corrected chi connectivity index (χ1v) is 15.3. The third kappa shape index (κ3) is 4.41. The minimum Gasteiger partial charge on any atom is -0.466 e. The molecule has 2 aromatic heterocycles. The van der Waals surface area contributed by atoms with E-state index in [1.165, 1.54) is 0 Å². The van der Waals surface area contributed by atoms with Crippen molar-refractivity contribution >= 4 is 5.97 Å². The van der Waals surface area contributed by atoms with Gasteiger partial charge in [0.25, 0.3) is 5.56 Å². The number of aromatic nitrogens is 6. The number of carbonyl (C=O) groups is 1. The van der Waals surface area contributed by atoms with Gasteiger partial charge in [0.1, 0.15) is 0 Å². The number of unbranched alkanes of at least 4 members (excludes halogenated alkanes) is 1. The largest absolute Gasteiger partial charge is 0.466 e. The summed E-state index contributed by atoms with van der Waals surface area (Å²) in [6.07, 6.45) is 6.98. The fourth-order valence-corrected chi connectivity index (χ4v) is 7.32. The van der Waals surface area contributed by atoms with Crippen LogP contribution >= 0.6 is 0 Å². The average molecular weight is 569 g/mol. The third-order valence-corrected chi connectivity index (χ3v) is 9.69. The molecule has 0 spiro atoms. The molecule has 220 valence electrons. The Kier molecular flexibility index (Phi) is 7.37. The zero-order valence-corrected chi connectivity index (χ0v) is 25.0. The number of aromatic amines is 1. The van der Waals surface area contributed by atoms with Gasteiger partial charge in [-0.2, -0.15) is 5.21 Å². The van der Waals surface area contributed by atoms with E-state index in [4.69, 9.17) is 4.74 Å². The Balaban J connectivity index is 1.40. The van der Waals surface area contributed by atoms with Crippen molar-refractivity contribution in [1.82, 2.24) is 30.0 Å². The van der Waals surface area contributed by atoms with E-state index in [2.05, 4.69) is 62.6 Å². The fourth-order valence-electron chi connectivity index (χ4n) is 7.32. The molecule has 42 heavy (non-hydrogen) atoms. The zero-order chi connectivity index (χ0) is 29.5. The molecule has 0 radical (unpaired) electrons. The van der Waals surface area contributed by atoms with Gasteiger partial charge in [-0.25, -0.2) is 4.68 Å². The topological polar surface area (TPSA) is 108 Å². The quantitative estimate of drug-likeness (QED) is 0.241. The summed E-state index contributed by atoms with van der Waals surface area (Å²) in [4.78, 5) is 27.6. The predicted octanol–water partition coefficient (Wildman–Crippen LogP) is 5.84. The molecular formula is C33H40N6O3. The van der Waals surface area contributed by atoms with Gasteiger partial charge < -0.3 is 4.74 Å². The monoisotopic (exact) mass is 568 g/mol. The standard InChI is InChI=1S/C33H40N6O3/c1-5-7-12-28-27(21-22-13-15-23(16-14-22)25-10-8-9-11-26(25)29-34-36-37-35-29)30(40)38-24-17-19-33(20-18-24,39(28)38)32(3,4)31(41)42-6-2/h8-11,13-16,24H,5-7,12,17-21H2,1-4H3,(H,34,35,36,37). The molecule has 3 aliphatic rings. The highest BCUT2D eigenvalue weighted by Gasteiger charge is 2.58. The lowest BCUT2D eigenvalue weighted by Crippen LogP contribution is -2.60. The van der Waals surface area contributed by atoms with Crippen molar-refractivity contribution < 1.29 is 9.53 Å². The van der Waals surface area contributed by atoms with E-state index in [-0.39, 0.29) is 17.6 Å². The summed E-state index contributed by atoms with van der Waals surface area (Å²) in [5.41, 5.74) is 4.88. The number of tetrazole rings is 1. The van der Waals surface area contributed by atoms with Crippen LogP contribution < -0.4 is 5.56 Å². The molecule has 2 bridgehead atoms. The van der Waals surface area contributed by atoms with Gasteiger partial charge in [-0.3, -0.25) is 14.3 Å². The third-order valence-electron chi connectivity index (χ3n) is 9.69. The molecule has 1 fully saturated rings. The molecule has 7 rings (SSSR count). The van der Waals surface area contributed by atoms with Crippen LogP contribution in [0.4, 0.5) is 0 Å². The summed E-state index contributed by atoms with van der Waals surface area (Å²) in [5.74, 6) is 0.370. The number of rotatable bonds is 10. The maximum atomic E-state index is 14.2. The molecule has 0 amide bonds. The normalized spacial score (nSPS) is 19.6. The van der Waals surface area contributed by atoms with E-state index in [0.29, 0.717) is 18.9 Å². The van der Waals surface area contributed by atoms with Crippen molar-refractivity contribution in [3.8, 4) is 22.5 Å². The second-order valence-electron chi connectivity index (χ2n) is 12.3. The molecule has 1 N–H and O–H groups in total.